The van der Waals surface area contributed by atoms with E-state index < -0.39 is 10.0 Å². The lowest BCUT2D eigenvalue weighted by Crippen LogP contribution is -2.50. The summed E-state index contributed by atoms with van der Waals surface area (Å²) in [5, 5.41) is 2.69. The Balaban J connectivity index is 1.39. The molecule has 0 saturated carbocycles. The van der Waals surface area contributed by atoms with E-state index in [-0.39, 0.29) is 5.91 Å². The third kappa shape index (κ3) is 4.17. The first-order valence-corrected chi connectivity index (χ1v) is 11.7. The first-order valence-electron chi connectivity index (χ1n) is 9.32. The summed E-state index contributed by atoms with van der Waals surface area (Å²) in [4.78, 5) is 18.7. The van der Waals surface area contributed by atoms with Crippen LogP contribution in [0, 0.1) is 0 Å². The summed E-state index contributed by atoms with van der Waals surface area (Å²) >= 11 is 1.39. The molecule has 1 aromatic heterocycles. The van der Waals surface area contributed by atoms with Crippen LogP contribution in [0.3, 0.4) is 0 Å². The number of imidazole rings is 1. The van der Waals surface area contributed by atoms with Crippen molar-refractivity contribution in [1.82, 2.24) is 18.8 Å². The van der Waals surface area contributed by atoms with Crippen molar-refractivity contribution >= 4 is 38.5 Å². The lowest BCUT2D eigenvalue weighted by atomic mass is 10.1. The Kier molecular flexibility index (Phi) is 5.62. The fraction of sp³-hybridized carbons (Fsp3) is 0.300. The number of piperazine rings is 1. The van der Waals surface area contributed by atoms with Gasteiger partial charge in [-0.1, -0.05) is 42.1 Å². The summed E-state index contributed by atoms with van der Waals surface area (Å²) in [6.45, 7) is 1.39. The third-order valence-electron chi connectivity index (χ3n) is 5.05. The number of fused-ring (bicyclic) bond motifs is 1. The Morgan fingerprint density at radius 2 is 1.79 bits per heavy atom. The summed E-state index contributed by atoms with van der Waals surface area (Å²) in [6.07, 6.45) is 3.53. The lowest BCUT2D eigenvalue weighted by molar-refractivity contribution is -0.129. The Morgan fingerprint density at radius 1 is 1.07 bits per heavy atom. The zero-order valence-corrected chi connectivity index (χ0v) is 17.7. The monoisotopic (exact) mass is 430 g/mol. The van der Waals surface area contributed by atoms with E-state index in [9.17, 15) is 13.2 Å². The van der Waals surface area contributed by atoms with Gasteiger partial charge in [0.2, 0.25) is 15.9 Å². The van der Waals surface area contributed by atoms with Crippen LogP contribution in [0.25, 0.3) is 10.8 Å². The highest BCUT2D eigenvalue weighted by Crippen LogP contribution is 2.23. The Hall–Kier alpha value is -2.36. The third-order valence-corrected chi connectivity index (χ3v) is 7.99. The highest BCUT2D eigenvalue weighted by molar-refractivity contribution is 7.99. The van der Waals surface area contributed by atoms with Gasteiger partial charge >= 0.3 is 0 Å². The van der Waals surface area contributed by atoms with Crippen LogP contribution >= 0.6 is 11.8 Å². The molecule has 29 heavy (non-hydrogen) atoms. The molecular weight excluding hydrogens is 408 g/mol. The van der Waals surface area contributed by atoms with Crippen LogP contribution in [-0.4, -0.2) is 65.0 Å². The van der Waals surface area contributed by atoms with E-state index in [4.69, 9.17) is 0 Å². The van der Waals surface area contributed by atoms with Crippen molar-refractivity contribution in [2.24, 2.45) is 7.05 Å². The van der Waals surface area contributed by atoms with Crippen molar-refractivity contribution in [2.75, 3.05) is 31.9 Å². The van der Waals surface area contributed by atoms with E-state index in [1.54, 1.807) is 23.2 Å². The van der Waals surface area contributed by atoms with E-state index in [2.05, 4.69) is 4.98 Å². The molecule has 3 aromatic rings. The van der Waals surface area contributed by atoms with Gasteiger partial charge in [0.1, 0.15) is 0 Å². The van der Waals surface area contributed by atoms with Crippen LogP contribution in [0.4, 0.5) is 0 Å². The topological polar surface area (TPSA) is 75.5 Å². The predicted molar refractivity (Wildman–Crippen MR) is 113 cm³/mol. The molecule has 1 saturated heterocycles. The van der Waals surface area contributed by atoms with Crippen molar-refractivity contribution in [2.45, 2.75) is 10.1 Å². The largest absolute Gasteiger partial charge is 0.339 e. The molecule has 0 N–H and O–H groups in total. The number of sulfonamides is 1. The Bertz CT molecular complexity index is 1140. The van der Waals surface area contributed by atoms with Crippen LogP contribution in [0.1, 0.15) is 0 Å². The second-order valence-electron chi connectivity index (χ2n) is 6.90. The molecule has 0 spiro atoms. The predicted octanol–water partition coefficient (Wildman–Crippen LogP) is 2.20. The van der Waals surface area contributed by atoms with E-state index in [0.29, 0.717) is 36.8 Å². The van der Waals surface area contributed by atoms with Gasteiger partial charge in [0, 0.05) is 45.6 Å². The van der Waals surface area contributed by atoms with Crippen LogP contribution in [0.15, 0.2) is 64.9 Å². The van der Waals surface area contributed by atoms with Gasteiger partial charge in [-0.15, -0.1) is 0 Å². The molecule has 7 nitrogen and oxygen atoms in total. The van der Waals surface area contributed by atoms with Gasteiger partial charge in [-0.3, -0.25) is 4.79 Å². The summed E-state index contributed by atoms with van der Waals surface area (Å²) in [5.41, 5.74) is 0. The number of benzene rings is 2. The fourth-order valence-electron chi connectivity index (χ4n) is 3.36. The average Bonchev–Trinajstić information content (AvgIpc) is 3.16. The maximum atomic E-state index is 13.0. The quantitative estimate of drug-likeness (QED) is 0.580. The smallest absolute Gasteiger partial charge is 0.243 e. The molecule has 2 aromatic carbocycles. The summed E-state index contributed by atoms with van der Waals surface area (Å²) in [6, 6.07) is 12.9. The van der Waals surface area contributed by atoms with Crippen molar-refractivity contribution < 1.29 is 13.2 Å². The van der Waals surface area contributed by atoms with Crippen LogP contribution in [0.5, 0.6) is 0 Å². The minimum absolute atomic E-state index is 0.000697. The van der Waals surface area contributed by atoms with Gasteiger partial charge in [0.05, 0.1) is 10.6 Å². The van der Waals surface area contributed by atoms with Gasteiger partial charge in [0.25, 0.3) is 0 Å². The number of thioether (sulfide) groups is 1. The number of aryl methyl sites for hydroxylation is 1. The summed E-state index contributed by atoms with van der Waals surface area (Å²) in [5.74, 6) is 0.295. The number of amides is 1. The Morgan fingerprint density at radius 3 is 2.48 bits per heavy atom. The van der Waals surface area contributed by atoms with Gasteiger partial charge in [0.15, 0.2) is 5.16 Å². The number of nitrogens with zero attached hydrogens (tertiary/aromatic N) is 4. The van der Waals surface area contributed by atoms with E-state index in [0.717, 1.165) is 15.9 Å². The number of hydrogen-bond donors (Lipinski definition) is 0. The first kappa shape index (κ1) is 19.9. The average molecular weight is 431 g/mol. The van der Waals surface area contributed by atoms with Crippen molar-refractivity contribution in [3.05, 3.63) is 54.9 Å². The van der Waals surface area contributed by atoms with Crippen molar-refractivity contribution in [3.63, 3.8) is 0 Å². The second-order valence-corrected chi connectivity index (χ2v) is 9.78. The van der Waals surface area contributed by atoms with Gasteiger partial charge < -0.3 is 9.47 Å². The standard InChI is InChI=1S/C20H22N4O3S2/c1-22-9-8-21-20(22)28-15-19(25)23-10-12-24(13-11-23)29(26,27)18-7-6-16-4-2-3-5-17(16)14-18/h2-9,14H,10-13,15H2,1H3. The number of rotatable bonds is 5. The first-order chi connectivity index (χ1) is 13.9. The van der Waals surface area contributed by atoms with Gasteiger partial charge in [-0.2, -0.15) is 4.31 Å². The minimum Gasteiger partial charge on any atom is -0.339 e. The molecule has 1 fully saturated rings. The molecule has 0 unspecified atom stereocenters. The van der Waals surface area contributed by atoms with Crippen LogP contribution in [-0.2, 0) is 21.9 Å². The number of carbonyl (C=O) groups is 1. The SMILES string of the molecule is Cn1ccnc1SCC(=O)N1CCN(S(=O)(=O)c2ccc3ccccc3c2)CC1. The Labute approximate surface area is 174 Å². The molecule has 9 heteroatoms. The molecule has 0 atom stereocenters. The van der Waals surface area contributed by atoms with Crippen molar-refractivity contribution in [3.8, 4) is 0 Å². The van der Waals surface area contributed by atoms with Crippen LogP contribution in [0.2, 0.25) is 0 Å². The second kappa shape index (κ2) is 8.17. The van der Waals surface area contributed by atoms with E-state index >= 15 is 0 Å². The molecular formula is C20H22N4O3S2. The summed E-state index contributed by atoms with van der Waals surface area (Å²) < 4.78 is 29.4. The maximum Gasteiger partial charge on any atom is 0.243 e. The molecule has 0 radical (unpaired) electrons. The van der Waals surface area contributed by atoms with E-state index in [1.807, 2.05) is 48.1 Å². The van der Waals surface area contributed by atoms with Crippen molar-refractivity contribution in [1.29, 1.82) is 0 Å². The number of hydrogen-bond acceptors (Lipinski definition) is 5. The normalized spacial score (nSPS) is 15.7. The molecule has 1 aliphatic heterocycles. The maximum absolute atomic E-state index is 13.0. The molecule has 1 amide bonds. The highest BCUT2D eigenvalue weighted by Gasteiger charge is 2.30. The van der Waals surface area contributed by atoms with Gasteiger partial charge in [-0.25, -0.2) is 13.4 Å². The summed E-state index contributed by atoms with van der Waals surface area (Å²) in [7, 11) is -1.69. The lowest BCUT2D eigenvalue weighted by Gasteiger charge is -2.34. The molecule has 1 aliphatic rings. The zero-order chi connectivity index (χ0) is 20.4. The van der Waals surface area contributed by atoms with Crippen LogP contribution < -0.4 is 0 Å². The molecule has 0 bridgehead atoms. The fourth-order valence-corrected chi connectivity index (χ4v) is 5.66. The minimum atomic E-state index is -3.58. The molecule has 0 aliphatic carbocycles. The molecule has 152 valence electrons. The zero-order valence-electron chi connectivity index (χ0n) is 16.1. The highest BCUT2D eigenvalue weighted by atomic mass is 32.2. The number of aromatic nitrogens is 2. The molecule has 4 rings (SSSR count). The molecule has 2 heterocycles. The van der Waals surface area contributed by atoms with Gasteiger partial charge in [-0.05, 0) is 22.9 Å². The number of carbonyl (C=O) groups excluding carboxylic acids is 1. The van der Waals surface area contributed by atoms with E-state index in [1.165, 1.54) is 16.1 Å².